The standard InChI is InChI=1S/C19H13N5O/c1-2-13-4-3-5-14(10-13)23-18-16-11-15(24-9-8-20-19(24)25)6-7-17(16)21-12-22-18/h1,3-12H,(H,20,25)(H,21,22,23). The fraction of sp³-hybridized carbons (Fsp3) is 0. The Hall–Kier alpha value is -3.85. The summed E-state index contributed by atoms with van der Waals surface area (Å²) in [6, 6.07) is 13.1. The molecule has 4 aromatic rings. The second kappa shape index (κ2) is 5.98. The largest absolute Gasteiger partial charge is 0.340 e. The molecule has 0 amide bonds. The predicted octanol–water partition coefficient (Wildman–Crippen LogP) is 2.83. The smallest absolute Gasteiger partial charge is 0.330 e. The number of rotatable bonds is 3. The van der Waals surface area contributed by atoms with E-state index in [1.54, 1.807) is 12.4 Å². The Balaban J connectivity index is 1.82. The molecule has 0 bridgehead atoms. The summed E-state index contributed by atoms with van der Waals surface area (Å²) in [5, 5.41) is 4.07. The van der Waals surface area contributed by atoms with Gasteiger partial charge in [-0.2, -0.15) is 0 Å². The lowest BCUT2D eigenvalue weighted by Gasteiger charge is -2.10. The highest BCUT2D eigenvalue weighted by Gasteiger charge is 2.08. The molecule has 2 heterocycles. The zero-order valence-electron chi connectivity index (χ0n) is 13.1. The van der Waals surface area contributed by atoms with Gasteiger partial charge >= 0.3 is 5.69 Å². The molecule has 2 N–H and O–H groups in total. The SMILES string of the molecule is C#Cc1cccc(Nc2ncnc3ccc(-n4cc[nH]c4=O)cc23)c1. The summed E-state index contributed by atoms with van der Waals surface area (Å²) in [7, 11) is 0. The third-order valence-electron chi connectivity index (χ3n) is 3.84. The summed E-state index contributed by atoms with van der Waals surface area (Å²) in [4.78, 5) is 23.1. The molecule has 0 unspecified atom stereocenters. The summed E-state index contributed by atoms with van der Waals surface area (Å²) in [5.41, 5.74) is 2.92. The van der Waals surface area contributed by atoms with Gasteiger partial charge in [0.1, 0.15) is 12.1 Å². The van der Waals surface area contributed by atoms with Crippen molar-refractivity contribution in [2.75, 3.05) is 5.32 Å². The zero-order chi connectivity index (χ0) is 17.2. The number of aromatic amines is 1. The van der Waals surface area contributed by atoms with Gasteiger partial charge in [-0.3, -0.25) is 4.57 Å². The van der Waals surface area contributed by atoms with E-state index in [0.717, 1.165) is 27.8 Å². The Morgan fingerprint density at radius 1 is 1.16 bits per heavy atom. The van der Waals surface area contributed by atoms with Crippen molar-refractivity contribution in [2.45, 2.75) is 0 Å². The summed E-state index contributed by atoms with van der Waals surface area (Å²) in [5.74, 6) is 3.25. The molecular formula is C19H13N5O. The van der Waals surface area contributed by atoms with Gasteiger partial charge < -0.3 is 10.3 Å². The minimum Gasteiger partial charge on any atom is -0.340 e. The van der Waals surface area contributed by atoms with Gasteiger partial charge in [0, 0.05) is 29.0 Å². The van der Waals surface area contributed by atoms with Crippen LogP contribution >= 0.6 is 0 Å². The fourth-order valence-corrected chi connectivity index (χ4v) is 2.64. The number of benzene rings is 2. The highest BCUT2D eigenvalue weighted by Crippen LogP contribution is 2.25. The predicted molar refractivity (Wildman–Crippen MR) is 97.1 cm³/mol. The molecule has 0 radical (unpaired) electrons. The summed E-state index contributed by atoms with van der Waals surface area (Å²) < 4.78 is 1.52. The van der Waals surface area contributed by atoms with Gasteiger partial charge in [0.2, 0.25) is 0 Å². The number of H-pyrrole nitrogens is 1. The number of fused-ring (bicyclic) bond motifs is 1. The van der Waals surface area contributed by atoms with Crippen molar-refractivity contribution in [3.63, 3.8) is 0 Å². The number of imidazole rings is 1. The molecule has 2 aromatic heterocycles. The Labute approximate surface area is 143 Å². The second-order valence-corrected chi connectivity index (χ2v) is 5.41. The van der Waals surface area contributed by atoms with Gasteiger partial charge in [0.15, 0.2) is 0 Å². The maximum absolute atomic E-state index is 11.8. The van der Waals surface area contributed by atoms with Gasteiger partial charge in [-0.15, -0.1) is 6.42 Å². The van der Waals surface area contributed by atoms with Crippen LogP contribution in [-0.2, 0) is 0 Å². The first kappa shape index (κ1) is 14.7. The lowest BCUT2D eigenvalue weighted by molar-refractivity contribution is 0.989. The molecule has 6 nitrogen and oxygen atoms in total. The van der Waals surface area contributed by atoms with E-state index in [1.807, 2.05) is 42.5 Å². The lowest BCUT2D eigenvalue weighted by atomic mass is 10.2. The second-order valence-electron chi connectivity index (χ2n) is 5.41. The van der Waals surface area contributed by atoms with Crippen LogP contribution in [0.1, 0.15) is 5.56 Å². The molecule has 0 aliphatic rings. The van der Waals surface area contributed by atoms with Gasteiger partial charge in [-0.1, -0.05) is 12.0 Å². The Morgan fingerprint density at radius 2 is 2.08 bits per heavy atom. The highest BCUT2D eigenvalue weighted by molar-refractivity contribution is 5.92. The van der Waals surface area contributed by atoms with Gasteiger partial charge in [0.25, 0.3) is 0 Å². The minimum absolute atomic E-state index is 0.201. The normalized spacial score (nSPS) is 10.5. The molecule has 2 aromatic carbocycles. The van der Waals surface area contributed by atoms with Crippen molar-refractivity contribution in [1.29, 1.82) is 0 Å². The van der Waals surface area contributed by atoms with Crippen LogP contribution in [0.5, 0.6) is 0 Å². The van der Waals surface area contributed by atoms with Crippen LogP contribution in [-0.4, -0.2) is 19.5 Å². The monoisotopic (exact) mass is 327 g/mol. The quantitative estimate of drug-likeness (QED) is 0.567. The minimum atomic E-state index is -0.201. The number of nitrogens with zero attached hydrogens (tertiary/aromatic N) is 3. The Morgan fingerprint density at radius 3 is 2.88 bits per heavy atom. The number of terminal acetylenes is 1. The summed E-state index contributed by atoms with van der Waals surface area (Å²) >= 11 is 0. The first-order valence-corrected chi connectivity index (χ1v) is 7.59. The first-order valence-electron chi connectivity index (χ1n) is 7.59. The van der Waals surface area contributed by atoms with Crippen LogP contribution in [0.25, 0.3) is 16.6 Å². The lowest BCUT2D eigenvalue weighted by Crippen LogP contribution is -2.13. The van der Waals surface area contributed by atoms with Crippen molar-refractivity contribution in [3.05, 3.63) is 77.2 Å². The number of anilines is 2. The number of hydrogen-bond donors (Lipinski definition) is 2. The molecule has 4 rings (SSSR count). The average molecular weight is 327 g/mol. The molecule has 0 saturated carbocycles. The molecule has 6 heteroatoms. The van der Waals surface area contributed by atoms with Crippen molar-refractivity contribution in [3.8, 4) is 18.0 Å². The van der Waals surface area contributed by atoms with Crippen LogP contribution in [0.2, 0.25) is 0 Å². The molecule has 0 fully saturated rings. The van der Waals surface area contributed by atoms with Crippen molar-refractivity contribution < 1.29 is 0 Å². The molecule has 0 atom stereocenters. The third kappa shape index (κ3) is 2.75. The average Bonchev–Trinajstić information content (AvgIpc) is 3.08. The van der Waals surface area contributed by atoms with Crippen LogP contribution in [0.4, 0.5) is 11.5 Å². The van der Waals surface area contributed by atoms with Crippen molar-refractivity contribution in [2.24, 2.45) is 0 Å². The van der Waals surface area contributed by atoms with E-state index in [2.05, 4.69) is 26.2 Å². The van der Waals surface area contributed by atoms with Crippen LogP contribution in [0.15, 0.2) is 66.0 Å². The van der Waals surface area contributed by atoms with Gasteiger partial charge in [0.05, 0.1) is 11.2 Å². The molecule has 120 valence electrons. The van der Waals surface area contributed by atoms with E-state index in [1.165, 1.54) is 10.9 Å². The first-order chi connectivity index (χ1) is 12.2. The maximum atomic E-state index is 11.8. The highest BCUT2D eigenvalue weighted by atomic mass is 16.1. The van der Waals surface area contributed by atoms with Crippen LogP contribution < -0.4 is 11.0 Å². The Bertz CT molecular complexity index is 1170. The van der Waals surface area contributed by atoms with E-state index >= 15 is 0 Å². The number of hydrogen-bond acceptors (Lipinski definition) is 4. The topological polar surface area (TPSA) is 75.6 Å². The fourth-order valence-electron chi connectivity index (χ4n) is 2.64. The molecular weight excluding hydrogens is 314 g/mol. The van der Waals surface area contributed by atoms with E-state index < -0.39 is 0 Å². The zero-order valence-corrected chi connectivity index (χ0v) is 13.1. The van der Waals surface area contributed by atoms with Crippen molar-refractivity contribution >= 4 is 22.4 Å². The summed E-state index contributed by atoms with van der Waals surface area (Å²) in [6.07, 6.45) is 10.2. The molecule has 0 spiro atoms. The number of nitrogens with one attached hydrogen (secondary N) is 2. The van der Waals surface area contributed by atoms with Crippen LogP contribution in [0.3, 0.4) is 0 Å². The Kier molecular flexibility index (Phi) is 3.52. The van der Waals surface area contributed by atoms with Gasteiger partial charge in [-0.25, -0.2) is 14.8 Å². The third-order valence-corrected chi connectivity index (χ3v) is 3.84. The number of aromatic nitrogens is 4. The molecule has 0 aliphatic heterocycles. The maximum Gasteiger partial charge on any atom is 0.330 e. The van der Waals surface area contributed by atoms with Gasteiger partial charge in [-0.05, 0) is 36.4 Å². The summed E-state index contributed by atoms with van der Waals surface area (Å²) in [6.45, 7) is 0. The molecule has 0 aliphatic carbocycles. The van der Waals surface area contributed by atoms with Crippen molar-refractivity contribution in [1.82, 2.24) is 19.5 Å². The van der Waals surface area contributed by atoms with E-state index in [9.17, 15) is 4.79 Å². The van der Waals surface area contributed by atoms with Crippen LogP contribution in [0, 0.1) is 12.3 Å². The molecule has 25 heavy (non-hydrogen) atoms. The van der Waals surface area contributed by atoms with E-state index in [0.29, 0.717) is 5.82 Å². The van der Waals surface area contributed by atoms with E-state index in [-0.39, 0.29) is 5.69 Å². The molecule has 0 saturated heterocycles. The van der Waals surface area contributed by atoms with E-state index in [4.69, 9.17) is 6.42 Å².